The van der Waals surface area contributed by atoms with E-state index in [2.05, 4.69) is 25.5 Å². The van der Waals surface area contributed by atoms with Gasteiger partial charge in [-0.25, -0.2) is 0 Å². The molecule has 0 saturated carbocycles. The molecule has 0 atom stereocenters. The second kappa shape index (κ2) is 5.71. The summed E-state index contributed by atoms with van der Waals surface area (Å²) in [5, 5.41) is 2.46. The number of benzene rings is 1. The first-order valence-electron chi connectivity index (χ1n) is 4.51. The highest BCUT2D eigenvalue weighted by Gasteiger charge is 2.09. The maximum Gasteiger partial charge on any atom is 0.403 e. The molecule has 8 nitrogen and oxygen atoms in total. The lowest BCUT2D eigenvalue weighted by molar-refractivity contribution is -0.111. The van der Waals surface area contributed by atoms with Crippen LogP contribution in [0.4, 0.5) is 5.69 Å². The van der Waals surface area contributed by atoms with E-state index in [1.165, 1.54) is 24.3 Å². The smallest absolute Gasteiger partial charge is 0.377 e. The van der Waals surface area contributed by atoms with E-state index in [1.807, 2.05) is 0 Å². The lowest BCUT2D eigenvalue weighted by Crippen LogP contribution is -2.07. The molecule has 1 amide bonds. The molecule has 1 N–H and O–H groups in total. The molecule has 0 aliphatic heterocycles. The Kier molecular flexibility index (Phi) is 4.30. The van der Waals surface area contributed by atoms with Crippen molar-refractivity contribution in [2.75, 3.05) is 5.32 Å². The number of nitrogens with one attached hydrogen (secondary N) is 1. The van der Waals surface area contributed by atoms with Gasteiger partial charge in [0.15, 0.2) is 0 Å². The van der Waals surface area contributed by atoms with E-state index in [4.69, 9.17) is 5.53 Å². The zero-order valence-electron chi connectivity index (χ0n) is 8.98. The SMILES string of the molecule is C=CC(=O)Nc1ccc(OS(=O)(=O)N=[N+]=[N-])cc1. The number of rotatable bonds is 5. The van der Waals surface area contributed by atoms with Crippen LogP contribution in [0.15, 0.2) is 41.4 Å². The van der Waals surface area contributed by atoms with Crippen molar-refractivity contribution in [3.63, 3.8) is 0 Å². The monoisotopic (exact) mass is 268 g/mol. The highest BCUT2D eigenvalue weighted by molar-refractivity contribution is 7.85. The highest BCUT2D eigenvalue weighted by atomic mass is 32.2. The lowest BCUT2D eigenvalue weighted by Gasteiger charge is -2.04. The molecule has 18 heavy (non-hydrogen) atoms. The molecule has 0 aromatic heterocycles. The molecule has 1 aromatic carbocycles. The predicted molar refractivity (Wildman–Crippen MR) is 64.0 cm³/mol. The molecule has 0 aliphatic rings. The molecule has 0 spiro atoms. The van der Waals surface area contributed by atoms with E-state index < -0.39 is 16.2 Å². The van der Waals surface area contributed by atoms with E-state index in [0.717, 1.165) is 6.08 Å². The van der Waals surface area contributed by atoms with Gasteiger partial charge in [-0.2, -0.15) is 8.42 Å². The molecule has 0 bridgehead atoms. The third-order valence-electron chi connectivity index (χ3n) is 1.65. The Balaban J connectivity index is 2.81. The average Bonchev–Trinajstić information content (AvgIpc) is 2.31. The van der Waals surface area contributed by atoms with Gasteiger partial charge >= 0.3 is 10.3 Å². The lowest BCUT2D eigenvalue weighted by atomic mass is 10.3. The second-order valence-electron chi connectivity index (χ2n) is 2.90. The zero-order chi connectivity index (χ0) is 13.6. The van der Waals surface area contributed by atoms with E-state index in [1.54, 1.807) is 0 Å². The number of carbonyl (C=O) groups is 1. The number of hydrogen-bond donors (Lipinski definition) is 1. The number of hydrogen-bond acceptors (Lipinski definition) is 4. The van der Waals surface area contributed by atoms with Crippen molar-refractivity contribution in [1.82, 2.24) is 0 Å². The number of anilines is 1. The maximum atomic E-state index is 11.0. The van der Waals surface area contributed by atoms with Gasteiger partial charge in [0.25, 0.3) is 0 Å². The minimum absolute atomic E-state index is 0.0426. The van der Waals surface area contributed by atoms with Crippen LogP contribution in [0, 0.1) is 0 Å². The van der Waals surface area contributed by atoms with Crippen molar-refractivity contribution in [2.24, 2.45) is 4.52 Å². The van der Waals surface area contributed by atoms with E-state index >= 15 is 0 Å². The van der Waals surface area contributed by atoms with Gasteiger partial charge in [-0.3, -0.25) is 4.79 Å². The van der Waals surface area contributed by atoms with Crippen LogP contribution in [0.2, 0.25) is 0 Å². The first-order valence-corrected chi connectivity index (χ1v) is 5.87. The standard InChI is InChI=1S/C9H8N4O4S/c1-2-9(14)11-7-3-5-8(6-4-7)17-18(15,16)13-12-10/h2-6H,1H2,(H,11,14). The minimum Gasteiger partial charge on any atom is -0.377 e. The molecule has 1 aromatic rings. The number of nitrogens with zero attached hydrogens (tertiary/aromatic N) is 3. The van der Waals surface area contributed by atoms with E-state index in [-0.39, 0.29) is 5.75 Å². The molecule has 0 aliphatic carbocycles. The predicted octanol–water partition coefficient (Wildman–Crippen LogP) is 1.75. The topological polar surface area (TPSA) is 121 Å². The average molecular weight is 268 g/mol. The summed E-state index contributed by atoms with van der Waals surface area (Å²) < 4.78 is 28.9. The van der Waals surface area contributed by atoms with Gasteiger partial charge < -0.3 is 9.50 Å². The number of carbonyl (C=O) groups excluding carboxylic acids is 1. The van der Waals surface area contributed by atoms with Gasteiger partial charge in [-0.15, -0.1) is 0 Å². The van der Waals surface area contributed by atoms with Crippen LogP contribution < -0.4 is 9.50 Å². The summed E-state index contributed by atoms with van der Waals surface area (Å²) in [5.74, 6) is -0.440. The maximum absolute atomic E-state index is 11.0. The second-order valence-corrected chi connectivity index (χ2v) is 4.09. The van der Waals surface area contributed by atoms with Crippen LogP contribution in [0.25, 0.3) is 10.4 Å². The quantitative estimate of drug-likeness (QED) is 0.378. The molecule has 0 unspecified atom stereocenters. The van der Waals surface area contributed by atoms with Gasteiger partial charge in [0.05, 0.1) is 4.52 Å². The van der Waals surface area contributed by atoms with Crippen LogP contribution >= 0.6 is 0 Å². The van der Waals surface area contributed by atoms with Crippen molar-refractivity contribution < 1.29 is 17.4 Å². The van der Waals surface area contributed by atoms with E-state index in [9.17, 15) is 13.2 Å². The van der Waals surface area contributed by atoms with Crippen molar-refractivity contribution in [3.8, 4) is 5.75 Å². The molecular formula is C9H8N4O4S. The first kappa shape index (κ1) is 13.6. The van der Waals surface area contributed by atoms with Crippen molar-refractivity contribution >= 4 is 21.9 Å². The van der Waals surface area contributed by atoms with Gasteiger partial charge in [-0.05, 0) is 35.9 Å². The Labute approximate surface area is 103 Å². The van der Waals surface area contributed by atoms with Crippen molar-refractivity contribution in [2.45, 2.75) is 0 Å². The van der Waals surface area contributed by atoms with Crippen LogP contribution in [-0.2, 0) is 15.1 Å². The molecule has 94 valence electrons. The van der Waals surface area contributed by atoms with Crippen molar-refractivity contribution in [1.29, 1.82) is 0 Å². The highest BCUT2D eigenvalue weighted by Crippen LogP contribution is 2.17. The summed E-state index contributed by atoms with van der Waals surface area (Å²) in [6, 6.07) is 5.43. The number of azide groups is 1. The Morgan fingerprint density at radius 1 is 1.44 bits per heavy atom. The van der Waals surface area contributed by atoms with Crippen LogP contribution in [0.3, 0.4) is 0 Å². The zero-order valence-corrected chi connectivity index (χ0v) is 9.79. The summed E-state index contributed by atoms with van der Waals surface area (Å²) >= 11 is 0. The molecule has 0 heterocycles. The van der Waals surface area contributed by atoms with E-state index in [0.29, 0.717) is 5.69 Å². The molecule has 9 heteroatoms. The number of amides is 1. The molecule has 0 radical (unpaired) electrons. The molecular weight excluding hydrogens is 260 g/mol. The third-order valence-corrected chi connectivity index (χ3v) is 2.32. The summed E-state index contributed by atoms with van der Waals surface area (Å²) in [6.45, 7) is 3.28. The van der Waals surface area contributed by atoms with Gasteiger partial charge in [0, 0.05) is 10.6 Å². The normalized spacial score (nSPS) is 10.0. The summed E-state index contributed by atoms with van der Waals surface area (Å²) in [5.41, 5.74) is 8.43. The fourth-order valence-electron chi connectivity index (χ4n) is 0.970. The molecule has 0 saturated heterocycles. The largest absolute Gasteiger partial charge is 0.403 e. The fourth-order valence-corrected chi connectivity index (χ4v) is 1.45. The minimum atomic E-state index is -4.32. The molecule has 0 fully saturated rings. The Bertz CT molecular complexity index is 602. The summed E-state index contributed by atoms with van der Waals surface area (Å²) in [6.07, 6.45) is 1.09. The first-order chi connectivity index (χ1) is 8.46. The molecule has 1 rings (SSSR count). The van der Waals surface area contributed by atoms with Crippen LogP contribution in [0.5, 0.6) is 5.75 Å². The third kappa shape index (κ3) is 4.16. The Hall–Kier alpha value is -2.51. The van der Waals surface area contributed by atoms with Crippen LogP contribution in [0.1, 0.15) is 0 Å². The summed E-state index contributed by atoms with van der Waals surface area (Å²) in [7, 11) is -4.32. The Morgan fingerprint density at radius 3 is 2.56 bits per heavy atom. The van der Waals surface area contributed by atoms with Gasteiger partial charge in [-0.1, -0.05) is 6.58 Å². The van der Waals surface area contributed by atoms with Crippen molar-refractivity contribution in [3.05, 3.63) is 47.4 Å². The Morgan fingerprint density at radius 2 is 2.06 bits per heavy atom. The van der Waals surface area contributed by atoms with Gasteiger partial charge in [0.1, 0.15) is 5.75 Å². The van der Waals surface area contributed by atoms with Crippen LogP contribution in [-0.4, -0.2) is 14.3 Å². The summed E-state index contributed by atoms with van der Waals surface area (Å²) in [4.78, 5) is 13.1. The van der Waals surface area contributed by atoms with Gasteiger partial charge in [0.2, 0.25) is 5.91 Å². The fraction of sp³-hybridized carbons (Fsp3) is 0.